The van der Waals surface area contributed by atoms with Crippen LogP contribution < -0.4 is 0 Å². The number of carbonyl (C=O) groups excluding carboxylic acids is 3. The lowest BCUT2D eigenvalue weighted by Gasteiger charge is -2.18. The Hall–Kier alpha value is -4.19. The predicted molar refractivity (Wildman–Crippen MR) is 311 cm³/mol. The Morgan fingerprint density at radius 1 is 0.292 bits per heavy atom. The van der Waals surface area contributed by atoms with Crippen molar-refractivity contribution in [2.75, 3.05) is 13.2 Å². The van der Waals surface area contributed by atoms with Crippen LogP contribution in [0, 0.1) is 0 Å². The van der Waals surface area contributed by atoms with E-state index in [0.29, 0.717) is 19.3 Å². The van der Waals surface area contributed by atoms with Gasteiger partial charge in [-0.3, -0.25) is 14.4 Å². The van der Waals surface area contributed by atoms with Gasteiger partial charge >= 0.3 is 17.9 Å². The first kappa shape index (κ1) is 67.8. The minimum Gasteiger partial charge on any atom is -0.462 e. The van der Waals surface area contributed by atoms with Crippen LogP contribution in [0.25, 0.3) is 0 Å². The normalized spacial score (nSPS) is 13.0. The number of esters is 3. The second kappa shape index (κ2) is 59.4. The van der Waals surface area contributed by atoms with E-state index < -0.39 is 6.10 Å². The van der Waals surface area contributed by atoms with Crippen LogP contribution in [0.3, 0.4) is 0 Å². The Bertz CT molecular complexity index is 1520. The molecule has 0 aromatic carbocycles. The van der Waals surface area contributed by atoms with Gasteiger partial charge in [-0.05, 0) is 122 Å². The molecule has 0 aliphatic heterocycles. The molecule has 6 heteroatoms. The summed E-state index contributed by atoms with van der Waals surface area (Å²) in [5, 5.41) is 0. The van der Waals surface area contributed by atoms with E-state index in [0.717, 1.165) is 128 Å². The molecular formula is C66H108O6. The van der Waals surface area contributed by atoms with Crippen molar-refractivity contribution in [3.8, 4) is 0 Å². The van der Waals surface area contributed by atoms with E-state index in [9.17, 15) is 14.4 Å². The SMILES string of the molecule is CC/C=C\C/C=C\C/C=C\C/C=C\C/C=C\CCCCCCCCCCCCCCCC(=O)OCC(COC(=O)CCCCCCC/C=C\CCC)OC(=O)CCCC/C=C\C/C=C\C/C=C\C/C=C\CC. The Morgan fingerprint density at radius 3 is 0.889 bits per heavy atom. The van der Waals surface area contributed by atoms with Crippen LogP contribution in [0.4, 0.5) is 0 Å². The number of rotatable bonds is 52. The summed E-state index contributed by atoms with van der Waals surface area (Å²) in [6.07, 6.45) is 82.1. The molecule has 0 saturated carbocycles. The van der Waals surface area contributed by atoms with Crippen LogP contribution in [0.1, 0.15) is 258 Å². The van der Waals surface area contributed by atoms with Crippen LogP contribution in [-0.4, -0.2) is 37.2 Å². The molecule has 0 saturated heterocycles. The Morgan fingerprint density at radius 2 is 0.542 bits per heavy atom. The zero-order chi connectivity index (χ0) is 52.2. The number of allylic oxidation sites excluding steroid dienone is 20. The van der Waals surface area contributed by atoms with Crippen LogP contribution >= 0.6 is 0 Å². The molecular weight excluding hydrogens is 889 g/mol. The summed E-state index contributed by atoms with van der Waals surface area (Å²) < 4.78 is 16.8. The largest absolute Gasteiger partial charge is 0.462 e. The minimum atomic E-state index is -0.805. The minimum absolute atomic E-state index is 0.0996. The first-order valence-electron chi connectivity index (χ1n) is 29.5. The van der Waals surface area contributed by atoms with Crippen molar-refractivity contribution in [2.45, 2.75) is 264 Å². The van der Waals surface area contributed by atoms with E-state index in [1.165, 1.54) is 83.5 Å². The fourth-order valence-corrected chi connectivity index (χ4v) is 7.82. The molecule has 408 valence electrons. The van der Waals surface area contributed by atoms with Crippen molar-refractivity contribution in [1.82, 2.24) is 0 Å². The van der Waals surface area contributed by atoms with Gasteiger partial charge < -0.3 is 14.2 Å². The number of hydrogen-bond donors (Lipinski definition) is 0. The fraction of sp³-hybridized carbons (Fsp3) is 0.652. The van der Waals surface area contributed by atoms with Crippen molar-refractivity contribution in [3.05, 3.63) is 122 Å². The first-order valence-corrected chi connectivity index (χ1v) is 29.5. The van der Waals surface area contributed by atoms with Crippen molar-refractivity contribution in [2.24, 2.45) is 0 Å². The van der Waals surface area contributed by atoms with Gasteiger partial charge in [0.2, 0.25) is 0 Å². The molecule has 0 radical (unpaired) electrons. The number of hydrogen-bond acceptors (Lipinski definition) is 6. The average molecular weight is 998 g/mol. The first-order chi connectivity index (χ1) is 35.5. The lowest BCUT2D eigenvalue weighted by atomic mass is 10.0. The molecule has 0 amide bonds. The molecule has 0 fully saturated rings. The topological polar surface area (TPSA) is 78.9 Å². The van der Waals surface area contributed by atoms with E-state index in [2.05, 4.69) is 142 Å². The molecule has 0 aliphatic carbocycles. The molecule has 0 bridgehead atoms. The highest BCUT2D eigenvalue weighted by Crippen LogP contribution is 2.15. The van der Waals surface area contributed by atoms with Crippen LogP contribution in [0.15, 0.2) is 122 Å². The van der Waals surface area contributed by atoms with E-state index in [-0.39, 0.29) is 37.5 Å². The molecule has 0 aliphatic rings. The Balaban J connectivity index is 4.24. The zero-order valence-corrected chi connectivity index (χ0v) is 46.7. The molecule has 0 rings (SSSR count). The Labute approximate surface area is 443 Å². The number of unbranched alkanes of at least 4 members (excludes halogenated alkanes) is 21. The fourth-order valence-electron chi connectivity index (χ4n) is 7.82. The summed E-state index contributed by atoms with van der Waals surface area (Å²) in [4.78, 5) is 38.1. The quantitative estimate of drug-likeness (QED) is 0.0261. The predicted octanol–water partition coefficient (Wildman–Crippen LogP) is 20.0. The van der Waals surface area contributed by atoms with Gasteiger partial charge in [0.1, 0.15) is 13.2 Å². The highest BCUT2D eigenvalue weighted by molar-refractivity contribution is 5.71. The lowest BCUT2D eigenvalue weighted by molar-refractivity contribution is -0.167. The van der Waals surface area contributed by atoms with Crippen molar-refractivity contribution in [1.29, 1.82) is 0 Å². The molecule has 72 heavy (non-hydrogen) atoms. The third-order valence-corrected chi connectivity index (χ3v) is 12.2. The third-order valence-electron chi connectivity index (χ3n) is 12.2. The van der Waals surface area contributed by atoms with Gasteiger partial charge in [0.05, 0.1) is 0 Å². The molecule has 1 unspecified atom stereocenters. The molecule has 0 N–H and O–H groups in total. The van der Waals surface area contributed by atoms with E-state index in [4.69, 9.17) is 14.2 Å². The van der Waals surface area contributed by atoms with Crippen molar-refractivity contribution in [3.63, 3.8) is 0 Å². The lowest BCUT2D eigenvalue weighted by Crippen LogP contribution is -2.30. The standard InChI is InChI=1S/C66H108O6/c1-4-7-10-13-16-19-22-24-26-27-28-29-30-31-32-33-34-35-36-37-38-39-41-42-44-47-50-53-56-59-65(68)71-62-63(61-70-64(67)58-55-52-49-46-21-18-15-12-9-6-3)72-66(69)60-57-54-51-48-45-43-40-25-23-20-17-14-11-8-5-2/h7-8,10-12,15-17,19-20,24-26,28-29,31-32,40,45,48,63H,4-6,9,13-14,18,21-23,27,30,33-39,41-44,46-47,49-62H2,1-3H3/b10-7-,11-8-,15-12-,19-16-,20-17-,26-24-,29-28-,32-31-,40-25-,48-45-. The zero-order valence-electron chi connectivity index (χ0n) is 46.7. The summed E-state index contributed by atoms with van der Waals surface area (Å²) in [6, 6.07) is 0. The summed E-state index contributed by atoms with van der Waals surface area (Å²) in [6.45, 7) is 6.30. The second-order valence-corrected chi connectivity index (χ2v) is 19.1. The molecule has 0 aromatic rings. The molecule has 6 nitrogen and oxygen atoms in total. The molecule has 0 aromatic heterocycles. The highest BCUT2D eigenvalue weighted by Gasteiger charge is 2.19. The van der Waals surface area contributed by atoms with Gasteiger partial charge in [-0.25, -0.2) is 0 Å². The third kappa shape index (κ3) is 56.7. The van der Waals surface area contributed by atoms with Gasteiger partial charge in [-0.1, -0.05) is 239 Å². The number of carbonyl (C=O) groups is 3. The monoisotopic (exact) mass is 997 g/mol. The van der Waals surface area contributed by atoms with Gasteiger partial charge in [0.25, 0.3) is 0 Å². The van der Waals surface area contributed by atoms with Gasteiger partial charge in [-0.2, -0.15) is 0 Å². The molecule has 0 heterocycles. The van der Waals surface area contributed by atoms with Crippen LogP contribution in [0.2, 0.25) is 0 Å². The van der Waals surface area contributed by atoms with Gasteiger partial charge in [0, 0.05) is 19.3 Å². The van der Waals surface area contributed by atoms with Crippen molar-refractivity contribution < 1.29 is 28.6 Å². The van der Waals surface area contributed by atoms with Crippen molar-refractivity contribution >= 4 is 17.9 Å². The smallest absolute Gasteiger partial charge is 0.306 e. The maximum absolute atomic E-state index is 12.8. The van der Waals surface area contributed by atoms with Gasteiger partial charge in [0.15, 0.2) is 6.10 Å². The second-order valence-electron chi connectivity index (χ2n) is 19.1. The summed E-state index contributed by atoms with van der Waals surface area (Å²) >= 11 is 0. The maximum Gasteiger partial charge on any atom is 0.306 e. The van der Waals surface area contributed by atoms with E-state index in [1.807, 2.05) is 0 Å². The van der Waals surface area contributed by atoms with Gasteiger partial charge in [-0.15, -0.1) is 0 Å². The number of ether oxygens (including phenoxy) is 3. The van der Waals surface area contributed by atoms with Crippen LogP contribution in [-0.2, 0) is 28.6 Å². The summed E-state index contributed by atoms with van der Waals surface area (Å²) in [5.74, 6) is -0.955. The summed E-state index contributed by atoms with van der Waals surface area (Å²) in [5.41, 5.74) is 0. The summed E-state index contributed by atoms with van der Waals surface area (Å²) in [7, 11) is 0. The van der Waals surface area contributed by atoms with Crippen LogP contribution in [0.5, 0.6) is 0 Å². The van der Waals surface area contributed by atoms with E-state index >= 15 is 0 Å². The average Bonchev–Trinajstić information content (AvgIpc) is 3.38. The molecule has 1 atom stereocenters. The highest BCUT2D eigenvalue weighted by atomic mass is 16.6. The molecule has 0 spiro atoms. The maximum atomic E-state index is 12.8. The van der Waals surface area contributed by atoms with E-state index in [1.54, 1.807) is 0 Å². The Kier molecular flexibility index (Phi) is 55.9.